The van der Waals surface area contributed by atoms with E-state index < -0.39 is 17.9 Å². The molecule has 4 nitrogen and oxygen atoms in total. The molecular formula is C13H15NO3. The van der Waals surface area contributed by atoms with Gasteiger partial charge in [0.2, 0.25) is 0 Å². The Labute approximate surface area is 100 Å². The van der Waals surface area contributed by atoms with Crippen molar-refractivity contribution in [2.75, 3.05) is 0 Å². The molecule has 0 fully saturated rings. The normalized spacial score (nSPS) is 14.9. The van der Waals surface area contributed by atoms with Crippen LogP contribution in [0.5, 0.6) is 0 Å². The molecule has 1 aromatic carbocycles. The van der Waals surface area contributed by atoms with Crippen molar-refractivity contribution in [3.8, 4) is 0 Å². The molecule has 0 aliphatic carbocycles. The summed E-state index contributed by atoms with van der Waals surface area (Å²) < 4.78 is 0. The molecule has 4 heteroatoms. The number of nitrogens with zero attached hydrogens (tertiary/aromatic N) is 1. The topological polar surface area (TPSA) is 54.5 Å². The molecule has 1 aromatic rings. The van der Waals surface area contributed by atoms with E-state index in [2.05, 4.69) is 0 Å². The number of fused-ring (bicyclic) bond motifs is 1. The Morgan fingerprint density at radius 2 is 1.47 bits per heavy atom. The molecular weight excluding hydrogens is 218 g/mol. The van der Waals surface area contributed by atoms with Gasteiger partial charge in [-0.15, -0.1) is 0 Å². The van der Waals surface area contributed by atoms with Crippen LogP contribution in [0.4, 0.5) is 0 Å². The Hall–Kier alpha value is -1.97. The third-order valence-electron chi connectivity index (χ3n) is 2.43. The molecule has 2 rings (SSSR count). The number of hydrogen-bond acceptors (Lipinski definition) is 3. The van der Waals surface area contributed by atoms with E-state index in [1.54, 1.807) is 24.3 Å². The van der Waals surface area contributed by atoms with Gasteiger partial charge in [-0.1, -0.05) is 26.0 Å². The zero-order valence-electron chi connectivity index (χ0n) is 10.1. The van der Waals surface area contributed by atoms with Crippen LogP contribution in [-0.2, 0) is 4.79 Å². The highest BCUT2D eigenvalue weighted by molar-refractivity contribution is 6.22. The fraction of sp³-hybridized carbons (Fsp3) is 0.308. The van der Waals surface area contributed by atoms with Crippen molar-refractivity contribution in [1.29, 1.82) is 0 Å². The first-order valence-electron chi connectivity index (χ1n) is 5.59. The van der Waals surface area contributed by atoms with Crippen LogP contribution in [0.25, 0.3) is 0 Å². The fourth-order valence-corrected chi connectivity index (χ4v) is 1.64. The second kappa shape index (κ2) is 5.39. The first-order chi connectivity index (χ1) is 8.16. The fourth-order valence-electron chi connectivity index (χ4n) is 1.64. The van der Waals surface area contributed by atoms with E-state index in [9.17, 15) is 14.4 Å². The molecule has 90 valence electrons. The number of aldehydes is 1. The zero-order chi connectivity index (χ0) is 13.0. The van der Waals surface area contributed by atoms with E-state index in [-0.39, 0.29) is 0 Å². The number of rotatable bonds is 2. The molecule has 1 aliphatic rings. The summed E-state index contributed by atoms with van der Waals surface area (Å²) in [6, 6.07) is 5.86. The van der Waals surface area contributed by atoms with E-state index in [4.69, 9.17) is 0 Å². The molecule has 1 heterocycles. The summed E-state index contributed by atoms with van der Waals surface area (Å²) in [4.78, 5) is 35.1. The Kier molecular flexibility index (Phi) is 4.15. The minimum absolute atomic E-state index is 0.371. The van der Waals surface area contributed by atoms with Crippen molar-refractivity contribution >= 4 is 18.1 Å². The molecule has 0 N–H and O–H groups in total. The van der Waals surface area contributed by atoms with Gasteiger partial charge in [-0.3, -0.25) is 14.5 Å². The number of imide groups is 1. The number of carbonyl (C=O) groups is 3. The summed E-state index contributed by atoms with van der Waals surface area (Å²) in [6.07, 6.45) is 0.585. The largest absolute Gasteiger partial charge is 0.301 e. The highest BCUT2D eigenvalue weighted by Crippen LogP contribution is 2.23. The second-order valence-corrected chi connectivity index (χ2v) is 3.40. The van der Waals surface area contributed by atoms with Crippen LogP contribution in [0.2, 0.25) is 0 Å². The highest BCUT2D eigenvalue weighted by atomic mass is 16.2. The predicted molar refractivity (Wildman–Crippen MR) is 63.8 cm³/mol. The van der Waals surface area contributed by atoms with Gasteiger partial charge in [0.05, 0.1) is 17.2 Å². The molecule has 0 radical (unpaired) electrons. The van der Waals surface area contributed by atoms with Gasteiger partial charge in [0.15, 0.2) is 0 Å². The second-order valence-electron chi connectivity index (χ2n) is 3.40. The van der Waals surface area contributed by atoms with Crippen LogP contribution in [0.3, 0.4) is 0 Å². The van der Waals surface area contributed by atoms with Crippen LogP contribution >= 0.6 is 0 Å². The average molecular weight is 233 g/mol. The van der Waals surface area contributed by atoms with E-state index in [0.717, 1.165) is 4.90 Å². The Balaban J connectivity index is 0.000000686. The predicted octanol–water partition coefficient (Wildman–Crippen LogP) is 1.90. The molecule has 1 atom stereocenters. The summed E-state index contributed by atoms with van der Waals surface area (Å²) in [7, 11) is 0. The van der Waals surface area contributed by atoms with Crippen LogP contribution in [0, 0.1) is 0 Å². The van der Waals surface area contributed by atoms with Crippen molar-refractivity contribution in [2.45, 2.75) is 26.8 Å². The minimum Gasteiger partial charge on any atom is -0.301 e. The monoisotopic (exact) mass is 233 g/mol. The Morgan fingerprint density at radius 3 is 1.82 bits per heavy atom. The maximum absolute atomic E-state index is 11.8. The van der Waals surface area contributed by atoms with E-state index >= 15 is 0 Å². The van der Waals surface area contributed by atoms with Gasteiger partial charge in [-0.25, -0.2) is 0 Å². The Morgan fingerprint density at radius 1 is 1.06 bits per heavy atom. The zero-order valence-corrected chi connectivity index (χ0v) is 10.1. The first-order valence-corrected chi connectivity index (χ1v) is 5.59. The molecule has 0 saturated heterocycles. The number of benzene rings is 1. The summed E-state index contributed by atoms with van der Waals surface area (Å²) in [5, 5.41) is 0. The smallest absolute Gasteiger partial charge is 0.262 e. The van der Waals surface area contributed by atoms with Crippen molar-refractivity contribution in [2.24, 2.45) is 0 Å². The van der Waals surface area contributed by atoms with Crippen LogP contribution < -0.4 is 0 Å². The SMILES string of the molecule is CC.C[C@@H](C=O)N1C(=O)c2ccccc2C1=O. The van der Waals surface area contributed by atoms with E-state index in [1.165, 1.54) is 6.92 Å². The van der Waals surface area contributed by atoms with Crippen LogP contribution in [0.1, 0.15) is 41.5 Å². The highest BCUT2D eigenvalue weighted by Gasteiger charge is 2.37. The number of carbonyl (C=O) groups excluding carboxylic acids is 3. The molecule has 2 amide bonds. The van der Waals surface area contributed by atoms with Crippen LogP contribution in [0.15, 0.2) is 24.3 Å². The number of amides is 2. The van der Waals surface area contributed by atoms with Crippen molar-refractivity contribution in [3.05, 3.63) is 35.4 Å². The lowest BCUT2D eigenvalue weighted by Gasteiger charge is -2.16. The number of hydrogen-bond donors (Lipinski definition) is 0. The average Bonchev–Trinajstić information content (AvgIpc) is 2.64. The van der Waals surface area contributed by atoms with Crippen molar-refractivity contribution < 1.29 is 14.4 Å². The molecule has 0 bridgehead atoms. The first kappa shape index (κ1) is 13.1. The van der Waals surface area contributed by atoms with Gasteiger partial charge in [0.1, 0.15) is 6.29 Å². The maximum atomic E-state index is 11.8. The standard InChI is InChI=1S/C11H9NO3.C2H6/c1-7(6-13)12-10(14)8-4-2-3-5-9(8)11(12)15;1-2/h2-7H,1H3;1-2H3/t7-;/m0./s1. The summed E-state index contributed by atoms with van der Waals surface area (Å²) in [5.41, 5.74) is 0.743. The molecule has 1 aliphatic heterocycles. The molecule has 0 aromatic heterocycles. The van der Waals surface area contributed by atoms with Crippen LogP contribution in [-0.4, -0.2) is 29.0 Å². The molecule has 17 heavy (non-hydrogen) atoms. The van der Waals surface area contributed by atoms with Gasteiger partial charge >= 0.3 is 0 Å². The van der Waals surface area contributed by atoms with E-state index in [0.29, 0.717) is 17.4 Å². The van der Waals surface area contributed by atoms with Gasteiger partial charge in [-0.2, -0.15) is 0 Å². The summed E-state index contributed by atoms with van der Waals surface area (Å²) in [5.74, 6) is -0.787. The van der Waals surface area contributed by atoms with Gasteiger partial charge < -0.3 is 4.79 Å². The lowest BCUT2D eigenvalue weighted by atomic mass is 10.1. The molecule has 0 unspecified atom stereocenters. The van der Waals surface area contributed by atoms with Gasteiger partial charge in [0, 0.05) is 0 Å². The minimum atomic E-state index is -0.711. The third kappa shape index (κ3) is 2.11. The summed E-state index contributed by atoms with van der Waals surface area (Å²) >= 11 is 0. The Bertz CT molecular complexity index is 419. The van der Waals surface area contributed by atoms with Gasteiger partial charge in [-0.05, 0) is 19.1 Å². The lowest BCUT2D eigenvalue weighted by molar-refractivity contribution is -0.110. The molecule has 0 spiro atoms. The maximum Gasteiger partial charge on any atom is 0.262 e. The van der Waals surface area contributed by atoms with E-state index in [1.807, 2.05) is 13.8 Å². The molecule has 0 saturated carbocycles. The third-order valence-corrected chi connectivity index (χ3v) is 2.43. The van der Waals surface area contributed by atoms with Crippen molar-refractivity contribution in [3.63, 3.8) is 0 Å². The van der Waals surface area contributed by atoms with Gasteiger partial charge in [0.25, 0.3) is 11.8 Å². The quantitative estimate of drug-likeness (QED) is 0.579. The lowest BCUT2D eigenvalue weighted by Crippen LogP contribution is -2.38. The summed E-state index contributed by atoms with van der Waals surface area (Å²) in [6.45, 7) is 5.52. The van der Waals surface area contributed by atoms with Crippen molar-refractivity contribution in [1.82, 2.24) is 4.90 Å².